The van der Waals surface area contributed by atoms with Crippen LogP contribution in [0.3, 0.4) is 0 Å². The molecule has 92 valence electrons. The molecule has 4 N–H and O–H groups in total. The van der Waals surface area contributed by atoms with Crippen LogP contribution in [0.5, 0.6) is 11.5 Å². The van der Waals surface area contributed by atoms with Crippen molar-refractivity contribution in [2.24, 2.45) is 0 Å². The van der Waals surface area contributed by atoms with Crippen LogP contribution in [0, 0.1) is 0 Å². The summed E-state index contributed by atoms with van der Waals surface area (Å²) >= 11 is 0. The molecule has 0 spiro atoms. The van der Waals surface area contributed by atoms with Gasteiger partial charge in [0.05, 0.1) is 6.10 Å². The Morgan fingerprint density at radius 1 is 1.25 bits per heavy atom. The van der Waals surface area contributed by atoms with Crippen molar-refractivity contribution in [1.82, 2.24) is 5.32 Å². The lowest BCUT2D eigenvalue weighted by Crippen LogP contribution is -2.27. The molecule has 0 saturated carbocycles. The van der Waals surface area contributed by atoms with E-state index in [1.165, 1.54) is 6.07 Å². The monoisotopic (exact) mass is 291 g/mol. The summed E-state index contributed by atoms with van der Waals surface area (Å²) in [5, 5.41) is 31.5. The Labute approximate surface area is 106 Å². The van der Waals surface area contributed by atoms with Gasteiger partial charge in [-0.2, -0.15) is 0 Å². The maximum atomic E-state index is 9.74. The number of benzene rings is 1. The van der Waals surface area contributed by atoms with Gasteiger partial charge in [-0.15, -0.1) is 17.0 Å². The fraction of sp³-hybridized carbons (Fsp3) is 0.455. The van der Waals surface area contributed by atoms with E-state index in [9.17, 15) is 15.3 Å². The highest BCUT2D eigenvalue weighted by atomic mass is 79.9. The van der Waals surface area contributed by atoms with Gasteiger partial charge in [-0.05, 0) is 6.07 Å². The molecule has 0 saturated heterocycles. The zero-order chi connectivity index (χ0) is 11.4. The van der Waals surface area contributed by atoms with Gasteiger partial charge in [-0.1, -0.05) is 26.0 Å². The second-order valence-electron chi connectivity index (χ2n) is 3.79. The largest absolute Gasteiger partial charge is 0.504 e. The van der Waals surface area contributed by atoms with E-state index in [1.54, 1.807) is 12.1 Å². The quantitative estimate of drug-likeness (QED) is 0.637. The summed E-state index contributed by atoms with van der Waals surface area (Å²) in [5.41, 5.74) is 0.336. The molecule has 1 unspecified atom stereocenters. The van der Waals surface area contributed by atoms with Crippen LogP contribution >= 0.6 is 17.0 Å². The molecular formula is C11H18BrNO3. The van der Waals surface area contributed by atoms with Crippen LogP contribution < -0.4 is 5.32 Å². The number of para-hydroxylation sites is 1. The minimum Gasteiger partial charge on any atom is -0.504 e. The Morgan fingerprint density at radius 3 is 2.44 bits per heavy atom. The van der Waals surface area contributed by atoms with Crippen LogP contribution in [0.1, 0.15) is 25.5 Å². The summed E-state index contributed by atoms with van der Waals surface area (Å²) in [6.45, 7) is 4.28. The van der Waals surface area contributed by atoms with Gasteiger partial charge >= 0.3 is 0 Å². The number of halogens is 1. The maximum Gasteiger partial charge on any atom is 0.163 e. The van der Waals surface area contributed by atoms with E-state index in [1.807, 2.05) is 13.8 Å². The second kappa shape index (κ2) is 6.73. The van der Waals surface area contributed by atoms with Crippen LogP contribution in [0.15, 0.2) is 18.2 Å². The topological polar surface area (TPSA) is 72.7 Å². The van der Waals surface area contributed by atoms with Crippen LogP contribution in [0.2, 0.25) is 0 Å². The molecular weight excluding hydrogens is 274 g/mol. The molecule has 0 aliphatic rings. The summed E-state index contributed by atoms with van der Waals surface area (Å²) < 4.78 is 0. The molecule has 0 bridgehead atoms. The third-order valence-electron chi connectivity index (χ3n) is 2.12. The molecule has 0 heterocycles. The predicted octanol–water partition coefficient (Wildman–Crippen LogP) is 1.71. The first-order valence-electron chi connectivity index (χ1n) is 4.94. The van der Waals surface area contributed by atoms with Crippen LogP contribution in [-0.4, -0.2) is 27.9 Å². The highest BCUT2D eigenvalue weighted by Gasteiger charge is 2.14. The fourth-order valence-electron chi connectivity index (χ4n) is 1.27. The number of phenolic OH excluding ortho intramolecular Hbond substituents is 2. The smallest absolute Gasteiger partial charge is 0.163 e. The van der Waals surface area contributed by atoms with Gasteiger partial charge < -0.3 is 20.6 Å². The maximum absolute atomic E-state index is 9.74. The number of aliphatic hydroxyl groups is 1. The summed E-state index contributed by atoms with van der Waals surface area (Å²) in [6, 6.07) is 4.81. The summed E-state index contributed by atoms with van der Waals surface area (Å²) in [5.74, 6) is -0.466. The molecule has 5 heteroatoms. The van der Waals surface area contributed by atoms with Crippen LogP contribution in [0.4, 0.5) is 0 Å². The van der Waals surface area contributed by atoms with Crippen molar-refractivity contribution in [2.75, 3.05) is 6.54 Å². The third kappa shape index (κ3) is 4.00. The molecule has 0 aliphatic heterocycles. The minimum absolute atomic E-state index is 0. The Hall–Kier alpha value is -0.780. The Bertz CT molecular complexity index is 331. The van der Waals surface area contributed by atoms with Crippen LogP contribution in [-0.2, 0) is 0 Å². The summed E-state index contributed by atoms with van der Waals surface area (Å²) in [6.07, 6.45) is -0.820. The van der Waals surface area contributed by atoms with Crippen molar-refractivity contribution in [2.45, 2.75) is 26.0 Å². The molecule has 0 radical (unpaired) electrons. The molecule has 0 aliphatic carbocycles. The molecule has 1 atom stereocenters. The molecule has 4 nitrogen and oxygen atoms in total. The zero-order valence-electron chi connectivity index (χ0n) is 9.34. The standard InChI is InChI=1S/C11H17NO3.BrH/c1-7(2)12-6-10(14)8-4-3-5-9(13)11(8)15;/h3-5,7,10,12-15H,6H2,1-2H3;1H. The fourth-order valence-corrected chi connectivity index (χ4v) is 1.27. The van der Waals surface area contributed by atoms with Crippen LogP contribution in [0.25, 0.3) is 0 Å². The van der Waals surface area contributed by atoms with Gasteiger partial charge in [0.15, 0.2) is 11.5 Å². The molecule has 1 aromatic carbocycles. The SMILES string of the molecule is Br.CC(C)NCC(O)c1cccc(O)c1O. The number of rotatable bonds is 4. The highest BCUT2D eigenvalue weighted by Crippen LogP contribution is 2.32. The first kappa shape index (κ1) is 15.2. The van der Waals surface area contributed by atoms with Crippen molar-refractivity contribution in [1.29, 1.82) is 0 Å². The lowest BCUT2D eigenvalue weighted by atomic mass is 10.1. The number of nitrogens with one attached hydrogen (secondary N) is 1. The number of phenols is 2. The first-order chi connectivity index (χ1) is 7.02. The molecule has 0 fully saturated rings. The third-order valence-corrected chi connectivity index (χ3v) is 2.12. The molecule has 1 aromatic rings. The van der Waals surface area contributed by atoms with E-state index in [2.05, 4.69) is 5.32 Å². The molecule has 0 amide bonds. The number of hydrogen-bond donors (Lipinski definition) is 4. The number of aliphatic hydroxyl groups excluding tert-OH is 1. The van der Waals surface area contributed by atoms with E-state index < -0.39 is 6.10 Å². The molecule has 0 aromatic heterocycles. The van der Waals surface area contributed by atoms with E-state index in [0.29, 0.717) is 12.1 Å². The van der Waals surface area contributed by atoms with Gasteiger partial charge in [0, 0.05) is 18.2 Å². The normalized spacial score (nSPS) is 12.2. The van der Waals surface area contributed by atoms with E-state index in [0.717, 1.165) is 0 Å². The molecule has 16 heavy (non-hydrogen) atoms. The van der Waals surface area contributed by atoms with Gasteiger partial charge in [-0.3, -0.25) is 0 Å². The Balaban J connectivity index is 0.00000225. The summed E-state index contributed by atoms with van der Waals surface area (Å²) in [7, 11) is 0. The summed E-state index contributed by atoms with van der Waals surface area (Å²) in [4.78, 5) is 0. The lowest BCUT2D eigenvalue weighted by Gasteiger charge is -2.15. The lowest BCUT2D eigenvalue weighted by molar-refractivity contribution is 0.167. The Morgan fingerprint density at radius 2 is 1.88 bits per heavy atom. The zero-order valence-corrected chi connectivity index (χ0v) is 11.1. The van der Waals surface area contributed by atoms with Crippen molar-refractivity contribution in [3.8, 4) is 11.5 Å². The van der Waals surface area contributed by atoms with E-state index in [-0.39, 0.29) is 34.5 Å². The molecule has 1 rings (SSSR count). The van der Waals surface area contributed by atoms with Gasteiger partial charge in [0.2, 0.25) is 0 Å². The van der Waals surface area contributed by atoms with Crippen molar-refractivity contribution in [3.05, 3.63) is 23.8 Å². The highest BCUT2D eigenvalue weighted by molar-refractivity contribution is 8.93. The van der Waals surface area contributed by atoms with E-state index >= 15 is 0 Å². The van der Waals surface area contributed by atoms with Gasteiger partial charge in [0.25, 0.3) is 0 Å². The van der Waals surface area contributed by atoms with Crippen molar-refractivity contribution >= 4 is 17.0 Å². The van der Waals surface area contributed by atoms with Crippen molar-refractivity contribution < 1.29 is 15.3 Å². The average Bonchev–Trinajstić information content (AvgIpc) is 2.18. The number of hydrogen-bond acceptors (Lipinski definition) is 4. The minimum atomic E-state index is -0.820. The average molecular weight is 292 g/mol. The van der Waals surface area contributed by atoms with Gasteiger partial charge in [-0.25, -0.2) is 0 Å². The predicted molar refractivity (Wildman–Crippen MR) is 68.2 cm³/mol. The van der Waals surface area contributed by atoms with Gasteiger partial charge in [0.1, 0.15) is 0 Å². The second-order valence-corrected chi connectivity index (χ2v) is 3.79. The number of aromatic hydroxyl groups is 2. The first-order valence-corrected chi connectivity index (χ1v) is 4.94. The van der Waals surface area contributed by atoms with Crippen molar-refractivity contribution in [3.63, 3.8) is 0 Å². The van der Waals surface area contributed by atoms with E-state index in [4.69, 9.17) is 0 Å². The Kier molecular flexibility index (Phi) is 6.40.